The van der Waals surface area contributed by atoms with Crippen LogP contribution in [0, 0.1) is 0 Å². The van der Waals surface area contributed by atoms with E-state index in [1.54, 1.807) is 13.2 Å². The van der Waals surface area contributed by atoms with Gasteiger partial charge in [0, 0.05) is 11.4 Å². The molecule has 82 valence electrons. The molecule has 0 radical (unpaired) electrons. The molecule has 0 heterocycles. The lowest BCUT2D eigenvalue weighted by atomic mass is 10.1. The molecule has 0 amide bonds. The number of ether oxygens (including phenoxy) is 1. The van der Waals surface area contributed by atoms with Crippen LogP contribution in [-0.2, 0) is 11.2 Å². The minimum Gasteiger partial charge on any atom is -0.497 e. The number of aliphatic carboxylic acids is 1. The van der Waals surface area contributed by atoms with Crippen LogP contribution in [0.25, 0.3) is 0 Å². The van der Waals surface area contributed by atoms with Crippen LogP contribution >= 0.6 is 11.6 Å². The van der Waals surface area contributed by atoms with Crippen molar-refractivity contribution in [2.75, 3.05) is 7.11 Å². The molecule has 0 atom stereocenters. The number of benzene rings is 1. The molecule has 1 aromatic carbocycles. The van der Waals surface area contributed by atoms with E-state index in [0.717, 1.165) is 5.56 Å². The van der Waals surface area contributed by atoms with Crippen molar-refractivity contribution in [2.45, 2.75) is 19.3 Å². The number of hydrogen-bond acceptors (Lipinski definition) is 2. The molecule has 0 aromatic heterocycles. The molecule has 1 N–H and O–H groups in total. The number of hydrogen-bond donors (Lipinski definition) is 1. The number of methoxy groups -OCH3 is 1. The molecular formula is C11H13ClO3. The SMILES string of the molecule is COc1ccc(CCCC(=O)O)c(Cl)c1. The standard InChI is InChI=1S/C11H13ClO3/c1-15-9-6-5-8(10(12)7-9)3-2-4-11(13)14/h5-7H,2-4H2,1H3,(H,13,14). The molecule has 3 nitrogen and oxygen atoms in total. The number of carboxylic acid groups (broad SMARTS) is 1. The van der Waals surface area contributed by atoms with E-state index < -0.39 is 5.97 Å². The van der Waals surface area contributed by atoms with E-state index >= 15 is 0 Å². The zero-order valence-corrected chi connectivity index (χ0v) is 9.25. The molecule has 1 aromatic rings. The van der Waals surface area contributed by atoms with Gasteiger partial charge in [0.05, 0.1) is 7.11 Å². The third kappa shape index (κ3) is 3.80. The molecule has 1 rings (SSSR count). The summed E-state index contributed by atoms with van der Waals surface area (Å²) in [6.07, 6.45) is 1.44. The van der Waals surface area contributed by atoms with Crippen LogP contribution in [0.1, 0.15) is 18.4 Å². The van der Waals surface area contributed by atoms with Crippen molar-refractivity contribution in [1.29, 1.82) is 0 Å². The van der Waals surface area contributed by atoms with E-state index in [-0.39, 0.29) is 6.42 Å². The molecule has 0 aliphatic rings. The van der Waals surface area contributed by atoms with E-state index in [1.807, 2.05) is 12.1 Å². The Morgan fingerprint density at radius 3 is 2.80 bits per heavy atom. The third-order valence-electron chi connectivity index (χ3n) is 2.10. The average Bonchev–Trinajstić information content (AvgIpc) is 2.20. The number of carboxylic acids is 1. The van der Waals surface area contributed by atoms with Crippen molar-refractivity contribution < 1.29 is 14.6 Å². The molecular weight excluding hydrogens is 216 g/mol. The second-order valence-electron chi connectivity index (χ2n) is 3.20. The van der Waals surface area contributed by atoms with Crippen molar-refractivity contribution in [3.8, 4) is 5.75 Å². The summed E-state index contributed by atoms with van der Waals surface area (Å²) < 4.78 is 5.01. The van der Waals surface area contributed by atoms with Crippen LogP contribution in [0.15, 0.2) is 18.2 Å². The molecule has 0 unspecified atom stereocenters. The second kappa shape index (κ2) is 5.61. The van der Waals surface area contributed by atoms with E-state index in [0.29, 0.717) is 23.6 Å². The van der Waals surface area contributed by atoms with Crippen LogP contribution in [0.5, 0.6) is 5.75 Å². The van der Waals surface area contributed by atoms with Crippen molar-refractivity contribution in [1.82, 2.24) is 0 Å². The van der Waals surface area contributed by atoms with E-state index in [1.165, 1.54) is 0 Å². The van der Waals surface area contributed by atoms with Gasteiger partial charge in [0.1, 0.15) is 5.75 Å². The molecule has 0 saturated carbocycles. The van der Waals surface area contributed by atoms with Gasteiger partial charge in [-0.2, -0.15) is 0 Å². The first kappa shape index (κ1) is 11.9. The van der Waals surface area contributed by atoms with Gasteiger partial charge in [-0.15, -0.1) is 0 Å². The predicted molar refractivity (Wildman–Crippen MR) is 58.6 cm³/mol. The minimum absolute atomic E-state index is 0.169. The zero-order chi connectivity index (χ0) is 11.3. The van der Waals surface area contributed by atoms with Crippen LogP contribution in [0.4, 0.5) is 0 Å². The van der Waals surface area contributed by atoms with Gasteiger partial charge in [-0.1, -0.05) is 17.7 Å². The quantitative estimate of drug-likeness (QED) is 0.843. The van der Waals surface area contributed by atoms with Gasteiger partial charge in [-0.05, 0) is 30.5 Å². The Bertz CT molecular complexity index is 350. The zero-order valence-electron chi connectivity index (χ0n) is 8.50. The van der Waals surface area contributed by atoms with Gasteiger partial charge < -0.3 is 9.84 Å². The van der Waals surface area contributed by atoms with Gasteiger partial charge in [0.15, 0.2) is 0 Å². The van der Waals surface area contributed by atoms with E-state index in [9.17, 15) is 4.79 Å². The Kier molecular flexibility index (Phi) is 4.43. The Hall–Kier alpha value is -1.22. The summed E-state index contributed by atoms with van der Waals surface area (Å²) in [6.45, 7) is 0. The topological polar surface area (TPSA) is 46.5 Å². The molecule has 0 fully saturated rings. The van der Waals surface area contributed by atoms with Crippen molar-refractivity contribution in [3.63, 3.8) is 0 Å². The summed E-state index contributed by atoms with van der Waals surface area (Å²) in [7, 11) is 1.58. The summed E-state index contributed by atoms with van der Waals surface area (Å²) in [5.74, 6) is -0.0679. The molecule has 0 saturated heterocycles. The highest BCUT2D eigenvalue weighted by molar-refractivity contribution is 6.31. The number of aryl methyl sites for hydroxylation is 1. The first-order chi connectivity index (χ1) is 7.13. The first-order valence-corrected chi connectivity index (χ1v) is 5.05. The van der Waals surface area contributed by atoms with Gasteiger partial charge in [0.25, 0.3) is 0 Å². The third-order valence-corrected chi connectivity index (χ3v) is 2.45. The Morgan fingerprint density at radius 2 is 2.27 bits per heavy atom. The molecule has 0 spiro atoms. The van der Waals surface area contributed by atoms with Crippen LogP contribution < -0.4 is 4.74 Å². The molecule has 0 aliphatic carbocycles. The van der Waals surface area contributed by atoms with Crippen molar-refractivity contribution >= 4 is 17.6 Å². The lowest BCUT2D eigenvalue weighted by molar-refractivity contribution is -0.137. The number of rotatable bonds is 5. The molecule has 4 heteroatoms. The van der Waals surface area contributed by atoms with Gasteiger partial charge in [-0.3, -0.25) is 4.79 Å². The molecule has 0 aliphatic heterocycles. The average molecular weight is 229 g/mol. The highest BCUT2D eigenvalue weighted by Gasteiger charge is 2.03. The number of halogens is 1. The fourth-order valence-electron chi connectivity index (χ4n) is 1.29. The van der Waals surface area contributed by atoms with Gasteiger partial charge >= 0.3 is 5.97 Å². The highest BCUT2D eigenvalue weighted by Crippen LogP contribution is 2.23. The second-order valence-corrected chi connectivity index (χ2v) is 3.61. The van der Waals surface area contributed by atoms with Gasteiger partial charge in [-0.25, -0.2) is 0 Å². The summed E-state index contributed by atoms with van der Waals surface area (Å²) in [4.78, 5) is 10.3. The van der Waals surface area contributed by atoms with Gasteiger partial charge in [0.2, 0.25) is 0 Å². The Morgan fingerprint density at radius 1 is 1.53 bits per heavy atom. The fourth-order valence-corrected chi connectivity index (χ4v) is 1.55. The largest absolute Gasteiger partial charge is 0.497 e. The first-order valence-electron chi connectivity index (χ1n) is 4.67. The summed E-state index contributed by atoms with van der Waals surface area (Å²) in [5, 5.41) is 9.11. The molecule has 15 heavy (non-hydrogen) atoms. The lowest BCUT2D eigenvalue weighted by Crippen LogP contribution is -1.96. The Balaban J connectivity index is 2.58. The normalized spacial score (nSPS) is 10.0. The lowest BCUT2D eigenvalue weighted by Gasteiger charge is -2.05. The maximum absolute atomic E-state index is 10.3. The minimum atomic E-state index is -0.778. The van der Waals surface area contributed by atoms with E-state index in [4.69, 9.17) is 21.4 Å². The maximum atomic E-state index is 10.3. The van der Waals surface area contributed by atoms with Crippen molar-refractivity contribution in [2.24, 2.45) is 0 Å². The van der Waals surface area contributed by atoms with Crippen LogP contribution in [-0.4, -0.2) is 18.2 Å². The predicted octanol–water partition coefficient (Wildman–Crippen LogP) is 2.76. The van der Waals surface area contributed by atoms with Crippen LogP contribution in [0.3, 0.4) is 0 Å². The smallest absolute Gasteiger partial charge is 0.303 e. The Labute approximate surface area is 93.6 Å². The highest BCUT2D eigenvalue weighted by atomic mass is 35.5. The molecule has 0 bridgehead atoms. The maximum Gasteiger partial charge on any atom is 0.303 e. The summed E-state index contributed by atoms with van der Waals surface area (Å²) in [5.41, 5.74) is 0.957. The monoisotopic (exact) mass is 228 g/mol. The van der Waals surface area contributed by atoms with Crippen LogP contribution in [0.2, 0.25) is 5.02 Å². The fraction of sp³-hybridized carbons (Fsp3) is 0.364. The van der Waals surface area contributed by atoms with E-state index in [2.05, 4.69) is 0 Å². The van der Waals surface area contributed by atoms with Crippen molar-refractivity contribution in [3.05, 3.63) is 28.8 Å². The number of carbonyl (C=O) groups is 1. The summed E-state index contributed by atoms with van der Waals surface area (Å²) in [6, 6.07) is 5.42. The summed E-state index contributed by atoms with van der Waals surface area (Å²) >= 11 is 6.00.